The van der Waals surface area contributed by atoms with Crippen LogP contribution in [0.3, 0.4) is 0 Å². The van der Waals surface area contributed by atoms with Crippen LogP contribution in [0.25, 0.3) is 0 Å². The molecule has 1 aliphatic rings. The first kappa shape index (κ1) is 19.4. The number of allylic oxidation sites excluding steroid dienone is 1. The van der Waals surface area contributed by atoms with Crippen molar-refractivity contribution in [2.24, 2.45) is 5.41 Å². The average Bonchev–Trinajstić information content (AvgIpc) is 3.14. The molecule has 0 saturated heterocycles. The predicted molar refractivity (Wildman–Crippen MR) is 111 cm³/mol. The summed E-state index contributed by atoms with van der Waals surface area (Å²) in [6, 6.07) is 8.74. The van der Waals surface area contributed by atoms with Gasteiger partial charge in [0.05, 0.1) is 0 Å². The maximum absolute atomic E-state index is 12.4. The second-order valence-electron chi connectivity index (χ2n) is 8.60. The summed E-state index contributed by atoms with van der Waals surface area (Å²) in [6.07, 6.45) is 4.14. The number of rotatable bonds is 6. The number of imidazole rings is 1. The molecule has 0 spiro atoms. The minimum Gasteiger partial charge on any atom is -0.337 e. The lowest BCUT2D eigenvalue weighted by molar-refractivity contribution is 0.101. The molecule has 4 heteroatoms. The number of benzene rings is 1. The van der Waals surface area contributed by atoms with E-state index < -0.39 is 0 Å². The number of anilines is 1. The van der Waals surface area contributed by atoms with Crippen LogP contribution in [0.1, 0.15) is 74.4 Å². The van der Waals surface area contributed by atoms with Gasteiger partial charge in [-0.15, -0.1) is 0 Å². The smallest absolute Gasteiger partial charge is 0.179 e. The number of aromatic amines is 1. The Morgan fingerprint density at radius 1 is 1.30 bits per heavy atom. The van der Waals surface area contributed by atoms with Gasteiger partial charge in [0.25, 0.3) is 0 Å². The van der Waals surface area contributed by atoms with Crippen molar-refractivity contribution in [2.45, 2.75) is 66.3 Å². The first-order chi connectivity index (χ1) is 12.7. The van der Waals surface area contributed by atoms with Gasteiger partial charge in [-0.25, -0.2) is 4.98 Å². The van der Waals surface area contributed by atoms with E-state index in [2.05, 4.69) is 61.5 Å². The molecule has 1 aliphatic carbocycles. The molecule has 3 rings (SSSR count). The lowest BCUT2D eigenvalue weighted by atomic mass is 9.86. The number of nitrogens with one attached hydrogen (secondary N) is 1. The summed E-state index contributed by atoms with van der Waals surface area (Å²) in [5.41, 5.74) is 4.11. The van der Waals surface area contributed by atoms with Crippen LogP contribution in [-0.4, -0.2) is 21.8 Å². The van der Waals surface area contributed by atoms with Crippen molar-refractivity contribution in [3.05, 3.63) is 59.2 Å². The fraction of sp³-hybridized carbons (Fsp3) is 0.478. The number of carbonyl (C=O) groups excluding carboxylic acids is 1. The van der Waals surface area contributed by atoms with E-state index in [0.717, 1.165) is 23.8 Å². The van der Waals surface area contributed by atoms with Crippen LogP contribution >= 0.6 is 0 Å². The molecule has 4 nitrogen and oxygen atoms in total. The normalized spacial score (nSPS) is 18.5. The van der Waals surface area contributed by atoms with Crippen LogP contribution in [0.15, 0.2) is 36.5 Å². The Labute approximate surface area is 162 Å². The zero-order valence-corrected chi connectivity index (χ0v) is 17.2. The molecule has 1 heterocycles. The molecule has 1 atom stereocenters. The summed E-state index contributed by atoms with van der Waals surface area (Å²) < 4.78 is 0. The second kappa shape index (κ2) is 7.34. The van der Waals surface area contributed by atoms with Gasteiger partial charge in [0.1, 0.15) is 11.5 Å². The molecule has 0 radical (unpaired) electrons. The Morgan fingerprint density at radius 2 is 1.96 bits per heavy atom. The van der Waals surface area contributed by atoms with Crippen molar-refractivity contribution in [1.29, 1.82) is 0 Å². The topological polar surface area (TPSA) is 49.0 Å². The summed E-state index contributed by atoms with van der Waals surface area (Å²) in [5, 5.41) is 0. The first-order valence-electron chi connectivity index (χ1n) is 9.79. The van der Waals surface area contributed by atoms with E-state index in [4.69, 9.17) is 4.98 Å². The van der Waals surface area contributed by atoms with Crippen LogP contribution in [0.4, 0.5) is 5.82 Å². The number of hydrogen-bond donors (Lipinski definition) is 1. The highest BCUT2D eigenvalue weighted by atomic mass is 16.1. The van der Waals surface area contributed by atoms with E-state index in [0.29, 0.717) is 18.2 Å². The number of carbonyl (C=O) groups is 1. The van der Waals surface area contributed by atoms with Crippen molar-refractivity contribution < 1.29 is 4.79 Å². The van der Waals surface area contributed by atoms with Crippen LogP contribution < -0.4 is 4.90 Å². The molecule has 1 N–H and O–H groups in total. The predicted octanol–water partition coefficient (Wildman–Crippen LogP) is 5.43. The van der Waals surface area contributed by atoms with E-state index >= 15 is 0 Å². The summed E-state index contributed by atoms with van der Waals surface area (Å²) in [4.78, 5) is 22.7. The van der Waals surface area contributed by atoms with Crippen molar-refractivity contribution in [3.8, 4) is 0 Å². The molecule has 1 aromatic carbocycles. The Hall–Kier alpha value is -2.36. The van der Waals surface area contributed by atoms with Gasteiger partial charge in [-0.05, 0) is 37.7 Å². The fourth-order valence-electron chi connectivity index (χ4n) is 4.20. The zero-order chi connectivity index (χ0) is 19.8. The van der Waals surface area contributed by atoms with E-state index in [1.165, 1.54) is 24.0 Å². The molecule has 0 bridgehead atoms. The monoisotopic (exact) mass is 365 g/mol. The largest absolute Gasteiger partial charge is 0.337 e. The summed E-state index contributed by atoms with van der Waals surface area (Å²) in [6.45, 7) is 14.5. The van der Waals surface area contributed by atoms with E-state index in [1.807, 2.05) is 6.92 Å². The third-order valence-corrected chi connectivity index (χ3v) is 5.73. The van der Waals surface area contributed by atoms with Crippen LogP contribution in [0, 0.1) is 12.3 Å². The molecule has 0 amide bonds. The number of aryl methyl sites for hydroxylation is 1. The van der Waals surface area contributed by atoms with Crippen LogP contribution in [0.5, 0.6) is 0 Å². The number of nitrogens with zero attached hydrogens (tertiary/aromatic N) is 2. The minimum absolute atomic E-state index is 0.00899. The molecule has 2 aromatic rings. The first-order valence-corrected chi connectivity index (χ1v) is 9.79. The van der Waals surface area contributed by atoms with Gasteiger partial charge in [-0.3, -0.25) is 4.79 Å². The third-order valence-electron chi connectivity index (χ3n) is 5.73. The molecular formula is C23H31N3O. The Balaban J connectivity index is 1.99. The van der Waals surface area contributed by atoms with Gasteiger partial charge in [0, 0.05) is 25.1 Å². The highest BCUT2D eigenvalue weighted by Gasteiger charge is 2.40. The van der Waals surface area contributed by atoms with Gasteiger partial charge in [-0.1, -0.05) is 56.7 Å². The summed E-state index contributed by atoms with van der Waals surface area (Å²) >= 11 is 0. The standard InChI is InChI=1S/C23H31N3O/c1-15(2)26(19-8-7-13-23(19,5)6)22-21(17(4)27)24-20(25-22)14-18-11-9-16(3)10-12-18/h9-12,19H,1,7-8,13-14H2,2-6H3,(H,24,25)/t19-/m0/s1. The average molecular weight is 366 g/mol. The number of aromatic nitrogens is 2. The lowest BCUT2D eigenvalue weighted by Crippen LogP contribution is -2.41. The number of ketones is 1. The van der Waals surface area contributed by atoms with Crippen molar-refractivity contribution >= 4 is 11.6 Å². The molecule has 27 heavy (non-hydrogen) atoms. The summed E-state index contributed by atoms with van der Waals surface area (Å²) in [7, 11) is 0. The molecule has 144 valence electrons. The molecule has 0 aliphatic heterocycles. The minimum atomic E-state index is 0.00899. The molecular weight excluding hydrogens is 334 g/mol. The van der Waals surface area contributed by atoms with Gasteiger partial charge in [0.15, 0.2) is 11.6 Å². The van der Waals surface area contributed by atoms with Crippen LogP contribution in [0.2, 0.25) is 0 Å². The molecule has 0 unspecified atom stereocenters. The Bertz CT molecular complexity index is 845. The second-order valence-corrected chi connectivity index (χ2v) is 8.60. The molecule has 1 aromatic heterocycles. The maximum atomic E-state index is 12.4. The lowest BCUT2D eigenvalue weighted by Gasteiger charge is -2.38. The summed E-state index contributed by atoms with van der Waals surface area (Å²) in [5.74, 6) is 1.56. The van der Waals surface area contributed by atoms with E-state index in [1.54, 1.807) is 6.92 Å². The van der Waals surface area contributed by atoms with E-state index in [9.17, 15) is 4.79 Å². The molecule has 1 saturated carbocycles. The van der Waals surface area contributed by atoms with Crippen molar-refractivity contribution in [2.75, 3.05) is 4.90 Å². The quantitative estimate of drug-likeness (QED) is 0.694. The Morgan fingerprint density at radius 3 is 2.48 bits per heavy atom. The number of hydrogen-bond acceptors (Lipinski definition) is 3. The fourth-order valence-corrected chi connectivity index (χ4v) is 4.20. The number of H-pyrrole nitrogens is 1. The van der Waals surface area contributed by atoms with Gasteiger partial charge >= 0.3 is 0 Å². The van der Waals surface area contributed by atoms with E-state index in [-0.39, 0.29) is 11.2 Å². The van der Waals surface area contributed by atoms with Crippen LogP contribution in [-0.2, 0) is 6.42 Å². The SMILES string of the molecule is C=C(C)N(c1nc(Cc2ccc(C)cc2)[nH]c1C(C)=O)[C@H]1CCCC1(C)C. The van der Waals surface area contributed by atoms with Gasteiger partial charge < -0.3 is 9.88 Å². The molecule has 1 fully saturated rings. The number of Topliss-reactive ketones (excluding diaryl/α,β-unsaturated/α-hetero) is 1. The third kappa shape index (κ3) is 4.00. The van der Waals surface area contributed by atoms with Crippen molar-refractivity contribution in [3.63, 3.8) is 0 Å². The highest BCUT2D eigenvalue weighted by Crippen LogP contribution is 2.43. The zero-order valence-electron chi connectivity index (χ0n) is 17.2. The van der Waals surface area contributed by atoms with Crippen molar-refractivity contribution in [1.82, 2.24) is 9.97 Å². The van der Waals surface area contributed by atoms with Gasteiger partial charge in [-0.2, -0.15) is 0 Å². The Kier molecular flexibility index (Phi) is 5.27. The highest BCUT2D eigenvalue weighted by molar-refractivity contribution is 5.97. The van der Waals surface area contributed by atoms with Gasteiger partial charge in [0.2, 0.25) is 0 Å². The maximum Gasteiger partial charge on any atom is 0.179 e.